The van der Waals surface area contributed by atoms with Gasteiger partial charge in [0.2, 0.25) is 0 Å². The van der Waals surface area contributed by atoms with Crippen LogP contribution in [0.5, 0.6) is 0 Å². The molecule has 0 spiro atoms. The predicted molar refractivity (Wildman–Crippen MR) is 50.4 cm³/mol. The summed E-state index contributed by atoms with van der Waals surface area (Å²) in [7, 11) is 0. The average molecular weight is 247 g/mol. The van der Waals surface area contributed by atoms with Crippen molar-refractivity contribution in [2.75, 3.05) is 13.2 Å². The van der Waals surface area contributed by atoms with Gasteiger partial charge < -0.3 is 14.3 Å². The van der Waals surface area contributed by atoms with Crippen molar-refractivity contribution in [3.8, 4) is 0 Å². The lowest BCUT2D eigenvalue weighted by Gasteiger charge is -2.09. The zero-order chi connectivity index (χ0) is 9.26. The van der Waals surface area contributed by atoms with Crippen molar-refractivity contribution in [2.24, 2.45) is 5.92 Å². The molecule has 2 unspecified atom stereocenters. The Kier molecular flexibility index (Phi) is 2.71. The summed E-state index contributed by atoms with van der Waals surface area (Å²) in [5.41, 5.74) is 0. The molecule has 2 atom stereocenters. The molecular weight excluding hydrogens is 236 g/mol. The maximum atomic E-state index is 9.48. The molecule has 0 radical (unpaired) electrons. The van der Waals surface area contributed by atoms with E-state index in [-0.39, 0.29) is 12.0 Å². The Hall–Kier alpha value is -0.320. The van der Waals surface area contributed by atoms with E-state index in [4.69, 9.17) is 9.15 Å². The molecule has 72 valence electrons. The van der Waals surface area contributed by atoms with Crippen LogP contribution in [-0.4, -0.2) is 24.4 Å². The van der Waals surface area contributed by atoms with Crippen LogP contribution in [-0.2, 0) is 11.2 Å². The Balaban J connectivity index is 1.97. The van der Waals surface area contributed by atoms with Gasteiger partial charge in [-0.2, -0.15) is 0 Å². The Morgan fingerprint density at radius 3 is 2.85 bits per heavy atom. The summed E-state index contributed by atoms with van der Waals surface area (Å²) in [6.07, 6.45) is 0.399. The summed E-state index contributed by atoms with van der Waals surface area (Å²) in [4.78, 5) is 0. The topological polar surface area (TPSA) is 42.6 Å². The maximum Gasteiger partial charge on any atom is 0.169 e. The number of rotatable bonds is 2. The van der Waals surface area contributed by atoms with Crippen LogP contribution in [0.3, 0.4) is 0 Å². The van der Waals surface area contributed by atoms with Crippen LogP contribution in [0.4, 0.5) is 0 Å². The molecule has 1 aliphatic heterocycles. The lowest BCUT2D eigenvalue weighted by molar-refractivity contribution is 0.117. The zero-order valence-corrected chi connectivity index (χ0v) is 8.66. The van der Waals surface area contributed by atoms with E-state index in [1.54, 1.807) is 0 Å². The second kappa shape index (κ2) is 3.82. The second-order valence-corrected chi connectivity index (χ2v) is 4.06. The number of aliphatic hydroxyl groups excluding tert-OH is 1. The van der Waals surface area contributed by atoms with Crippen LogP contribution in [0.1, 0.15) is 5.76 Å². The maximum absolute atomic E-state index is 9.48. The van der Waals surface area contributed by atoms with E-state index in [9.17, 15) is 5.11 Å². The van der Waals surface area contributed by atoms with Gasteiger partial charge in [0.1, 0.15) is 5.76 Å². The highest BCUT2D eigenvalue weighted by Gasteiger charge is 2.27. The molecule has 0 saturated carbocycles. The normalized spacial score (nSPS) is 28.2. The largest absolute Gasteiger partial charge is 0.454 e. The number of furan rings is 1. The van der Waals surface area contributed by atoms with Gasteiger partial charge in [-0.1, -0.05) is 0 Å². The van der Waals surface area contributed by atoms with Gasteiger partial charge in [-0.25, -0.2) is 0 Å². The molecule has 1 N–H and O–H groups in total. The first-order valence-corrected chi connectivity index (χ1v) is 5.05. The molecule has 0 aliphatic carbocycles. The molecule has 1 fully saturated rings. The van der Waals surface area contributed by atoms with Crippen molar-refractivity contribution in [3.63, 3.8) is 0 Å². The Morgan fingerprint density at radius 1 is 1.46 bits per heavy atom. The minimum absolute atomic E-state index is 0.179. The fraction of sp³-hybridized carbons (Fsp3) is 0.556. The predicted octanol–water partition coefficient (Wildman–Crippen LogP) is 1.59. The van der Waals surface area contributed by atoms with Crippen molar-refractivity contribution in [1.82, 2.24) is 0 Å². The second-order valence-electron chi connectivity index (χ2n) is 3.27. The van der Waals surface area contributed by atoms with E-state index in [2.05, 4.69) is 15.9 Å². The van der Waals surface area contributed by atoms with Crippen LogP contribution in [0.2, 0.25) is 0 Å². The van der Waals surface area contributed by atoms with E-state index < -0.39 is 0 Å². The standard InChI is InChI=1S/C9H11BrO3/c10-9-2-1-7(13-9)3-6-4-12-5-8(6)11/h1-2,6,8,11H,3-5H2. The van der Waals surface area contributed by atoms with E-state index in [1.165, 1.54) is 0 Å². The van der Waals surface area contributed by atoms with E-state index >= 15 is 0 Å². The van der Waals surface area contributed by atoms with E-state index in [1.807, 2.05) is 12.1 Å². The SMILES string of the molecule is OC1COCC1Cc1ccc(Br)o1. The third kappa shape index (κ3) is 2.13. The van der Waals surface area contributed by atoms with Gasteiger partial charge in [0.05, 0.1) is 19.3 Å². The Bertz CT molecular complexity index is 284. The molecule has 1 aromatic rings. The first-order valence-electron chi connectivity index (χ1n) is 4.26. The Labute approximate surface area is 84.8 Å². The van der Waals surface area contributed by atoms with Crippen molar-refractivity contribution < 1.29 is 14.3 Å². The van der Waals surface area contributed by atoms with Gasteiger partial charge in [-0.05, 0) is 28.1 Å². The van der Waals surface area contributed by atoms with Crippen molar-refractivity contribution >= 4 is 15.9 Å². The highest BCUT2D eigenvalue weighted by atomic mass is 79.9. The first kappa shape index (κ1) is 9.24. The summed E-state index contributed by atoms with van der Waals surface area (Å²) in [5, 5.41) is 9.48. The van der Waals surface area contributed by atoms with Crippen LogP contribution >= 0.6 is 15.9 Å². The van der Waals surface area contributed by atoms with Crippen LogP contribution in [0.15, 0.2) is 21.2 Å². The molecule has 4 heteroatoms. The van der Waals surface area contributed by atoms with E-state index in [0.717, 1.165) is 16.9 Å². The minimum atomic E-state index is -0.344. The number of ether oxygens (including phenoxy) is 1. The van der Waals surface area contributed by atoms with Gasteiger partial charge in [-0.3, -0.25) is 0 Å². The van der Waals surface area contributed by atoms with Gasteiger partial charge >= 0.3 is 0 Å². The number of halogens is 1. The third-order valence-electron chi connectivity index (χ3n) is 2.26. The van der Waals surface area contributed by atoms with Crippen LogP contribution in [0, 0.1) is 5.92 Å². The molecule has 0 bridgehead atoms. The lowest BCUT2D eigenvalue weighted by atomic mass is 10.0. The first-order chi connectivity index (χ1) is 6.25. The molecule has 1 saturated heterocycles. The zero-order valence-electron chi connectivity index (χ0n) is 7.07. The lowest BCUT2D eigenvalue weighted by Crippen LogP contribution is -2.19. The van der Waals surface area contributed by atoms with Gasteiger partial charge in [-0.15, -0.1) is 0 Å². The van der Waals surface area contributed by atoms with Gasteiger partial charge in [0.25, 0.3) is 0 Å². The van der Waals surface area contributed by atoms with Crippen molar-refractivity contribution in [1.29, 1.82) is 0 Å². The molecular formula is C9H11BrO3. The van der Waals surface area contributed by atoms with Crippen molar-refractivity contribution in [3.05, 3.63) is 22.6 Å². The van der Waals surface area contributed by atoms with E-state index in [0.29, 0.717) is 13.2 Å². The highest BCUT2D eigenvalue weighted by Crippen LogP contribution is 2.22. The summed E-state index contributed by atoms with van der Waals surface area (Å²) in [5.74, 6) is 1.07. The molecule has 2 rings (SSSR count). The molecule has 1 aromatic heterocycles. The average Bonchev–Trinajstić information content (AvgIpc) is 2.64. The molecule has 0 amide bonds. The smallest absolute Gasteiger partial charge is 0.169 e. The van der Waals surface area contributed by atoms with Crippen LogP contribution in [0.25, 0.3) is 0 Å². The number of aliphatic hydroxyl groups is 1. The van der Waals surface area contributed by atoms with Crippen molar-refractivity contribution in [2.45, 2.75) is 12.5 Å². The molecule has 0 aromatic carbocycles. The monoisotopic (exact) mass is 246 g/mol. The fourth-order valence-electron chi connectivity index (χ4n) is 1.50. The highest BCUT2D eigenvalue weighted by molar-refractivity contribution is 9.10. The molecule has 13 heavy (non-hydrogen) atoms. The van der Waals surface area contributed by atoms with Crippen LogP contribution < -0.4 is 0 Å². The van der Waals surface area contributed by atoms with Gasteiger partial charge in [0, 0.05) is 12.3 Å². The third-order valence-corrected chi connectivity index (χ3v) is 2.68. The summed E-state index contributed by atoms with van der Waals surface area (Å²) in [6, 6.07) is 3.77. The summed E-state index contributed by atoms with van der Waals surface area (Å²) in [6.45, 7) is 1.08. The number of hydrogen-bond donors (Lipinski definition) is 1. The summed E-state index contributed by atoms with van der Waals surface area (Å²) < 4.78 is 11.2. The Morgan fingerprint density at radius 2 is 2.31 bits per heavy atom. The van der Waals surface area contributed by atoms with Gasteiger partial charge in [0.15, 0.2) is 4.67 Å². The molecule has 3 nitrogen and oxygen atoms in total. The summed E-state index contributed by atoms with van der Waals surface area (Å²) >= 11 is 3.24. The minimum Gasteiger partial charge on any atom is -0.454 e. The quantitative estimate of drug-likeness (QED) is 0.862. The molecule has 2 heterocycles. The molecule has 1 aliphatic rings. The fourth-order valence-corrected chi connectivity index (χ4v) is 1.84. The number of hydrogen-bond acceptors (Lipinski definition) is 3.